The number of fused-ring (bicyclic) bond motifs is 3. The Morgan fingerprint density at radius 2 is 2.13 bits per heavy atom. The zero-order chi connectivity index (χ0) is 10.6. The molecule has 0 amide bonds. The summed E-state index contributed by atoms with van der Waals surface area (Å²) in [6, 6.07) is 7.49. The lowest BCUT2D eigenvalue weighted by molar-refractivity contribution is -0.154. The van der Waals surface area contributed by atoms with Crippen molar-refractivity contribution in [2.75, 3.05) is 0 Å². The van der Waals surface area contributed by atoms with E-state index in [1.54, 1.807) is 0 Å². The first-order chi connectivity index (χ1) is 7.14. The molecule has 15 heavy (non-hydrogen) atoms. The molecule has 2 heteroatoms. The van der Waals surface area contributed by atoms with Crippen molar-refractivity contribution in [2.24, 2.45) is 11.8 Å². The van der Waals surface area contributed by atoms with Gasteiger partial charge in [-0.05, 0) is 23.8 Å². The minimum atomic E-state index is -0.732. The summed E-state index contributed by atoms with van der Waals surface area (Å²) in [5, 5.41) is 10.6. The number of rotatable bonds is 0. The maximum atomic E-state index is 11.8. The van der Waals surface area contributed by atoms with Gasteiger partial charge in [0.1, 0.15) is 0 Å². The summed E-state index contributed by atoms with van der Waals surface area (Å²) in [4.78, 5) is 11.8. The van der Waals surface area contributed by atoms with Crippen LogP contribution in [0.4, 0.5) is 0 Å². The van der Waals surface area contributed by atoms with Gasteiger partial charge in [0.25, 0.3) is 0 Å². The number of carbonyl (C=O) groups excluding carboxylic acids is 1. The molecular formula is C13H14O2. The Balaban J connectivity index is 2.21. The number of benzene rings is 1. The Kier molecular flexibility index (Phi) is 1.64. The lowest BCUT2D eigenvalue weighted by Gasteiger charge is -2.54. The van der Waals surface area contributed by atoms with Gasteiger partial charge in [-0.1, -0.05) is 31.2 Å². The molecule has 1 aromatic rings. The van der Waals surface area contributed by atoms with Crippen LogP contribution in [0.5, 0.6) is 0 Å². The lowest BCUT2D eigenvalue weighted by atomic mass is 9.54. The monoisotopic (exact) mass is 202 g/mol. The lowest BCUT2D eigenvalue weighted by Crippen LogP contribution is -2.55. The van der Waals surface area contributed by atoms with Gasteiger partial charge in [0.05, 0.1) is 5.60 Å². The van der Waals surface area contributed by atoms with Crippen molar-refractivity contribution < 1.29 is 9.90 Å². The molecule has 0 radical (unpaired) electrons. The topological polar surface area (TPSA) is 37.3 Å². The summed E-state index contributed by atoms with van der Waals surface area (Å²) in [5.74, 6) is 0.610. The number of aliphatic hydroxyl groups is 1. The summed E-state index contributed by atoms with van der Waals surface area (Å²) < 4.78 is 0. The van der Waals surface area contributed by atoms with Gasteiger partial charge in [-0.2, -0.15) is 0 Å². The first kappa shape index (κ1) is 9.10. The SMILES string of the molecule is CC1CC2CC(=O)c3ccccc3C12O. The molecule has 2 aliphatic rings. The van der Waals surface area contributed by atoms with Crippen LogP contribution < -0.4 is 0 Å². The first-order valence-electron chi connectivity index (χ1n) is 5.49. The van der Waals surface area contributed by atoms with E-state index >= 15 is 0 Å². The zero-order valence-corrected chi connectivity index (χ0v) is 8.73. The standard InChI is InChI=1S/C13H14O2/c1-8-6-9-7-12(14)10-4-2-3-5-11(10)13(8,9)15/h2-5,8-9,15H,6-7H2,1H3. The predicted octanol–water partition coefficient (Wildman–Crippen LogP) is 2.12. The molecule has 1 aromatic carbocycles. The molecule has 2 aliphatic carbocycles. The van der Waals surface area contributed by atoms with E-state index in [2.05, 4.69) is 6.92 Å². The van der Waals surface area contributed by atoms with Crippen molar-refractivity contribution >= 4 is 5.78 Å². The Hall–Kier alpha value is -1.15. The molecule has 0 bridgehead atoms. The Morgan fingerprint density at radius 3 is 2.87 bits per heavy atom. The van der Waals surface area contributed by atoms with Gasteiger partial charge in [-0.25, -0.2) is 0 Å². The third-order valence-corrected chi connectivity index (χ3v) is 4.10. The van der Waals surface area contributed by atoms with Crippen LogP contribution in [0.1, 0.15) is 35.7 Å². The van der Waals surface area contributed by atoms with E-state index in [1.165, 1.54) is 0 Å². The molecule has 3 unspecified atom stereocenters. The van der Waals surface area contributed by atoms with Crippen LogP contribution in [0, 0.1) is 11.8 Å². The highest BCUT2D eigenvalue weighted by atomic mass is 16.3. The maximum Gasteiger partial charge on any atom is 0.163 e. The minimum absolute atomic E-state index is 0.148. The molecule has 0 saturated heterocycles. The van der Waals surface area contributed by atoms with Crippen molar-refractivity contribution in [1.82, 2.24) is 0 Å². The van der Waals surface area contributed by atoms with Crippen LogP contribution >= 0.6 is 0 Å². The van der Waals surface area contributed by atoms with Crippen LogP contribution in [0.25, 0.3) is 0 Å². The van der Waals surface area contributed by atoms with E-state index < -0.39 is 5.60 Å². The third-order valence-electron chi connectivity index (χ3n) is 4.10. The number of Topliss-reactive ketones (excluding diaryl/α,β-unsaturated/α-hetero) is 1. The highest BCUT2D eigenvalue weighted by Gasteiger charge is 2.56. The average molecular weight is 202 g/mol. The molecule has 0 aliphatic heterocycles. The summed E-state index contributed by atoms with van der Waals surface area (Å²) in [5.41, 5.74) is 0.845. The van der Waals surface area contributed by atoms with Crippen molar-refractivity contribution in [2.45, 2.75) is 25.4 Å². The van der Waals surface area contributed by atoms with Gasteiger partial charge in [0.15, 0.2) is 5.78 Å². The molecule has 1 fully saturated rings. The summed E-state index contributed by atoms with van der Waals surface area (Å²) in [7, 11) is 0. The summed E-state index contributed by atoms with van der Waals surface area (Å²) in [6.45, 7) is 2.06. The molecule has 0 heterocycles. The van der Waals surface area contributed by atoms with E-state index in [9.17, 15) is 9.90 Å². The van der Waals surface area contributed by atoms with Gasteiger partial charge in [-0.15, -0.1) is 0 Å². The van der Waals surface area contributed by atoms with E-state index in [0.717, 1.165) is 17.5 Å². The highest BCUT2D eigenvalue weighted by Crippen LogP contribution is 2.56. The maximum absolute atomic E-state index is 11.8. The molecule has 0 aromatic heterocycles. The predicted molar refractivity (Wildman–Crippen MR) is 56.6 cm³/mol. The summed E-state index contributed by atoms with van der Waals surface area (Å²) in [6.07, 6.45) is 1.48. The first-order valence-corrected chi connectivity index (χ1v) is 5.49. The van der Waals surface area contributed by atoms with Gasteiger partial charge >= 0.3 is 0 Å². The minimum Gasteiger partial charge on any atom is -0.385 e. The van der Waals surface area contributed by atoms with E-state index in [4.69, 9.17) is 0 Å². The number of ketones is 1. The fraction of sp³-hybridized carbons (Fsp3) is 0.462. The number of hydrogen-bond acceptors (Lipinski definition) is 2. The van der Waals surface area contributed by atoms with Crippen LogP contribution in [0.15, 0.2) is 24.3 Å². The van der Waals surface area contributed by atoms with E-state index in [-0.39, 0.29) is 17.6 Å². The van der Waals surface area contributed by atoms with Crippen LogP contribution in [0.2, 0.25) is 0 Å². The smallest absolute Gasteiger partial charge is 0.163 e. The van der Waals surface area contributed by atoms with E-state index in [0.29, 0.717) is 6.42 Å². The van der Waals surface area contributed by atoms with Crippen LogP contribution in [-0.2, 0) is 5.60 Å². The molecule has 3 rings (SSSR count). The van der Waals surface area contributed by atoms with Crippen molar-refractivity contribution in [3.05, 3.63) is 35.4 Å². The zero-order valence-electron chi connectivity index (χ0n) is 8.73. The fourth-order valence-electron chi connectivity index (χ4n) is 3.16. The number of hydrogen-bond donors (Lipinski definition) is 1. The molecule has 3 atom stereocenters. The summed E-state index contributed by atoms with van der Waals surface area (Å²) >= 11 is 0. The molecule has 1 saturated carbocycles. The highest BCUT2D eigenvalue weighted by molar-refractivity contribution is 5.99. The Morgan fingerprint density at radius 1 is 1.40 bits per heavy atom. The second kappa shape index (κ2) is 2.70. The van der Waals surface area contributed by atoms with Crippen molar-refractivity contribution in [3.63, 3.8) is 0 Å². The largest absolute Gasteiger partial charge is 0.385 e. The quantitative estimate of drug-likeness (QED) is 0.699. The average Bonchev–Trinajstić information content (AvgIpc) is 2.26. The van der Waals surface area contributed by atoms with Crippen LogP contribution in [0.3, 0.4) is 0 Å². The van der Waals surface area contributed by atoms with Gasteiger partial charge in [0, 0.05) is 12.0 Å². The Labute approximate surface area is 88.9 Å². The molecule has 2 nitrogen and oxygen atoms in total. The normalized spacial score (nSPS) is 37.9. The van der Waals surface area contributed by atoms with Gasteiger partial charge in [0.2, 0.25) is 0 Å². The molecule has 78 valence electrons. The number of carbonyl (C=O) groups is 1. The second-order valence-electron chi connectivity index (χ2n) is 4.83. The van der Waals surface area contributed by atoms with Gasteiger partial charge < -0.3 is 5.11 Å². The van der Waals surface area contributed by atoms with Gasteiger partial charge in [-0.3, -0.25) is 4.79 Å². The van der Waals surface area contributed by atoms with E-state index in [1.807, 2.05) is 24.3 Å². The fourth-order valence-corrected chi connectivity index (χ4v) is 3.16. The second-order valence-corrected chi connectivity index (χ2v) is 4.83. The molecular weight excluding hydrogens is 188 g/mol. The molecule has 0 spiro atoms. The van der Waals surface area contributed by atoms with Crippen molar-refractivity contribution in [1.29, 1.82) is 0 Å². The Bertz CT molecular complexity index is 438. The molecule has 1 N–H and O–H groups in total. The van der Waals surface area contributed by atoms with Crippen LogP contribution in [-0.4, -0.2) is 10.9 Å². The third kappa shape index (κ3) is 0.953. The van der Waals surface area contributed by atoms with Crippen molar-refractivity contribution in [3.8, 4) is 0 Å².